The molecule has 1 aliphatic heterocycles. The minimum Gasteiger partial charge on any atom is -0.370 e. The molecule has 26 heavy (non-hydrogen) atoms. The zero-order valence-electron chi connectivity index (χ0n) is 14.3. The quantitative estimate of drug-likeness (QED) is 0.464. The van der Waals surface area contributed by atoms with Gasteiger partial charge >= 0.3 is 0 Å². The summed E-state index contributed by atoms with van der Waals surface area (Å²) in [5.41, 5.74) is 7.16. The minimum absolute atomic E-state index is 0.129. The van der Waals surface area contributed by atoms with Gasteiger partial charge in [0.1, 0.15) is 10.8 Å². The molecule has 1 aromatic carbocycles. The molecule has 0 atom stereocenters. The maximum Gasteiger partial charge on any atom is 0.188 e. The summed E-state index contributed by atoms with van der Waals surface area (Å²) in [6, 6.07) is 8.71. The number of hydrogen-bond donors (Lipinski definition) is 2. The van der Waals surface area contributed by atoms with Crippen LogP contribution < -0.4 is 5.73 Å². The second-order valence-electron chi connectivity index (χ2n) is 6.11. The average molecular weight is 394 g/mol. The Hall–Kier alpha value is -1.83. The Morgan fingerprint density at radius 2 is 2.00 bits per heavy atom. The van der Waals surface area contributed by atoms with Crippen molar-refractivity contribution in [1.82, 2.24) is 14.8 Å². The van der Waals surface area contributed by atoms with E-state index < -0.39 is 0 Å². The van der Waals surface area contributed by atoms with E-state index >= 15 is 0 Å². The monoisotopic (exact) mass is 393 g/mol. The van der Waals surface area contributed by atoms with E-state index in [1.807, 2.05) is 11.0 Å². The van der Waals surface area contributed by atoms with Crippen molar-refractivity contribution in [3.63, 3.8) is 0 Å². The van der Waals surface area contributed by atoms with E-state index in [0.29, 0.717) is 16.3 Å². The number of pyridine rings is 1. The lowest BCUT2D eigenvalue weighted by atomic mass is 10.2. The average Bonchev–Trinajstić information content (AvgIpc) is 2.63. The van der Waals surface area contributed by atoms with Gasteiger partial charge in [-0.05, 0) is 23.8 Å². The molecule has 1 saturated heterocycles. The molecule has 138 valence electrons. The van der Waals surface area contributed by atoms with Crippen LogP contribution in [0.25, 0.3) is 0 Å². The Kier molecular flexibility index (Phi) is 6.34. The van der Waals surface area contributed by atoms with Crippen molar-refractivity contribution in [3.8, 4) is 0 Å². The lowest BCUT2D eigenvalue weighted by Gasteiger charge is -2.35. The smallest absolute Gasteiger partial charge is 0.188 e. The van der Waals surface area contributed by atoms with Gasteiger partial charge in [-0.15, -0.1) is 11.8 Å². The van der Waals surface area contributed by atoms with Gasteiger partial charge < -0.3 is 10.6 Å². The van der Waals surface area contributed by atoms with E-state index in [1.54, 1.807) is 18.3 Å². The van der Waals surface area contributed by atoms with Crippen LogP contribution in [-0.2, 0) is 12.3 Å². The van der Waals surface area contributed by atoms with Crippen LogP contribution >= 0.6 is 23.4 Å². The molecule has 0 unspecified atom stereocenters. The van der Waals surface area contributed by atoms with Crippen LogP contribution in [0, 0.1) is 11.2 Å². The number of nitrogens with two attached hydrogens (primary N) is 1. The van der Waals surface area contributed by atoms with Gasteiger partial charge in [0, 0.05) is 55.3 Å². The number of nitrogens with zero attached hydrogens (tertiary/aromatic N) is 3. The van der Waals surface area contributed by atoms with Gasteiger partial charge in [0.25, 0.3) is 0 Å². The highest BCUT2D eigenvalue weighted by Gasteiger charge is 2.19. The Morgan fingerprint density at radius 3 is 2.69 bits per heavy atom. The van der Waals surface area contributed by atoms with Crippen LogP contribution in [-0.4, -0.2) is 46.9 Å². The molecule has 5 nitrogen and oxygen atoms in total. The normalized spacial score (nSPS) is 15.2. The lowest BCUT2D eigenvalue weighted by Crippen LogP contribution is -2.50. The summed E-state index contributed by atoms with van der Waals surface area (Å²) >= 11 is 7.61. The van der Waals surface area contributed by atoms with Crippen LogP contribution in [0.15, 0.2) is 41.6 Å². The third kappa shape index (κ3) is 4.66. The Morgan fingerprint density at radius 1 is 1.23 bits per heavy atom. The van der Waals surface area contributed by atoms with Crippen molar-refractivity contribution in [3.05, 3.63) is 58.5 Å². The predicted octanol–water partition coefficient (Wildman–Crippen LogP) is 3.18. The van der Waals surface area contributed by atoms with Gasteiger partial charge in [-0.1, -0.05) is 23.7 Å². The number of rotatable bonds is 5. The first-order chi connectivity index (χ1) is 12.5. The van der Waals surface area contributed by atoms with Crippen molar-refractivity contribution in [2.45, 2.75) is 17.3 Å². The Labute approximate surface area is 161 Å². The molecule has 2 heterocycles. The molecule has 0 amide bonds. The maximum atomic E-state index is 14.0. The number of benzene rings is 1. The standard InChI is InChI=1S/C18H21ClFN5S/c19-15-4-1-5-16(20)14(15)12-26-17-13(3-2-6-23-17)11-24-7-9-25(10-8-24)18(21)22/h1-6H,7-12H2,(H3,21,22). The van der Waals surface area contributed by atoms with E-state index in [2.05, 4.69) is 16.0 Å². The van der Waals surface area contributed by atoms with Crippen LogP contribution in [0.3, 0.4) is 0 Å². The molecule has 0 aliphatic carbocycles. The zero-order valence-corrected chi connectivity index (χ0v) is 15.9. The highest BCUT2D eigenvalue weighted by Crippen LogP contribution is 2.29. The Balaban J connectivity index is 1.64. The van der Waals surface area contributed by atoms with Crippen molar-refractivity contribution in [2.75, 3.05) is 26.2 Å². The third-order valence-corrected chi connectivity index (χ3v) is 5.80. The van der Waals surface area contributed by atoms with Crippen molar-refractivity contribution >= 4 is 29.3 Å². The van der Waals surface area contributed by atoms with Gasteiger partial charge in [-0.2, -0.15) is 0 Å². The number of guanidine groups is 1. The van der Waals surface area contributed by atoms with E-state index in [4.69, 9.17) is 22.7 Å². The summed E-state index contributed by atoms with van der Waals surface area (Å²) < 4.78 is 14.0. The minimum atomic E-state index is -0.289. The van der Waals surface area contributed by atoms with Gasteiger partial charge in [-0.3, -0.25) is 10.3 Å². The largest absolute Gasteiger partial charge is 0.370 e. The number of halogens is 2. The topological polar surface area (TPSA) is 69.2 Å². The second kappa shape index (κ2) is 8.70. The number of aromatic nitrogens is 1. The van der Waals surface area contributed by atoms with Crippen LogP contribution in [0.5, 0.6) is 0 Å². The van der Waals surface area contributed by atoms with E-state index in [1.165, 1.54) is 17.8 Å². The van der Waals surface area contributed by atoms with Crippen LogP contribution in [0.4, 0.5) is 4.39 Å². The molecule has 2 aromatic rings. The molecule has 8 heteroatoms. The van der Waals surface area contributed by atoms with E-state index in [-0.39, 0.29) is 11.8 Å². The van der Waals surface area contributed by atoms with Crippen molar-refractivity contribution in [1.29, 1.82) is 5.41 Å². The fourth-order valence-electron chi connectivity index (χ4n) is 2.87. The summed E-state index contributed by atoms with van der Waals surface area (Å²) in [6.07, 6.45) is 1.75. The van der Waals surface area contributed by atoms with Crippen LogP contribution in [0.2, 0.25) is 5.02 Å². The fourth-order valence-corrected chi connectivity index (χ4v) is 4.21. The maximum absolute atomic E-state index is 14.0. The fraction of sp³-hybridized carbons (Fsp3) is 0.333. The van der Waals surface area contributed by atoms with Gasteiger partial charge in [0.05, 0.1) is 0 Å². The first-order valence-corrected chi connectivity index (χ1v) is 9.72. The number of hydrogen-bond acceptors (Lipinski definition) is 4. The molecule has 1 aromatic heterocycles. The molecule has 3 N–H and O–H groups in total. The Bertz CT molecular complexity index is 760. The van der Waals surface area contributed by atoms with Gasteiger partial charge in [0.15, 0.2) is 5.96 Å². The lowest BCUT2D eigenvalue weighted by molar-refractivity contribution is 0.172. The third-order valence-electron chi connectivity index (χ3n) is 4.37. The summed E-state index contributed by atoms with van der Waals surface area (Å²) in [7, 11) is 0. The number of piperazine rings is 1. The molecule has 0 saturated carbocycles. The molecule has 1 aliphatic rings. The molecule has 0 radical (unpaired) electrons. The van der Waals surface area contributed by atoms with Crippen molar-refractivity contribution < 1.29 is 4.39 Å². The number of nitrogens with one attached hydrogen (secondary N) is 1. The predicted molar refractivity (Wildman–Crippen MR) is 104 cm³/mol. The van der Waals surface area contributed by atoms with E-state index in [0.717, 1.165) is 43.3 Å². The van der Waals surface area contributed by atoms with E-state index in [9.17, 15) is 4.39 Å². The van der Waals surface area contributed by atoms with Crippen LogP contribution in [0.1, 0.15) is 11.1 Å². The molecule has 0 bridgehead atoms. The summed E-state index contributed by atoms with van der Waals surface area (Å²) in [4.78, 5) is 8.65. The highest BCUT2D eigenvalue weighted by molar-refractivity contribution is 7.98. The molecular formula is C18H21ClFN5S. The van der Waals surface area contributed by atoms with Gasteiger partial charge in [0.2, 0.25) is 0 Å². The first-order valence-electron chi connectivity index (χ1n) is 8.35. The van der Waals surface area contributed by atoms with Crippen molar-refractivity contribution in [2.24, 2.45) is 5.73 Å². The summed E-state index contributed by atoms with van der Waals surface area (Å²) in [6.45, 7) is 3.97. The summed E-state index contributed by atoms with van der Waals surface area (Å²) in [5, 5.41) is 8.84. The van der Waals surface area contributed by atoms with Gasteiger partial charge in [-0.25, -0.2) is 9.37 Å². The molecule has 1 fully saturated rings. The summed E-state index contributed by atoms with van der Waals surface area (Å²) in [5.74, 6) is 0.278. The zero-order chi connectivity index (χ0) is 18.5. The first kappa shape index (κ1) is 18.9. The SMILES string of the molecule is N=C(N)N1CCN(Cc2cccnc2SCc2c(F)cccc2Cl)CC1. The number of thioether (sulfide) groups is 1. The molecule has 0 spiro atoms. The second-order valence-corrected chi connectivity index (χ2v) is 7.48. The molecular weight excluding hydrogens is 373 g/mol. The highest BCUT2D eigenvalue weighted by atomic mass is 35.5. The molecule has 3 rings (SSSR count).